The van der Waals surface area contributed by atoms with Gasteiger partial charge in [0.05, 0.1) is 5.56 Å². The summed E-state index contributed by atoms with van der Waals surface area (Å²) >= 11 is 0. The lowest BCUT2D eigenvalue weighted by Crippen LogP contribution is -2.28. The van der Waals surface area contributed by atoms with E-state index in [2.05, 4.69) is 4.98 Å². The predicted octanol–water partition coefficient (Wildman–Crippen LogP) is 5.23. The van der Waals surface area contributed by atoms with Crippen molar-refractivity contribution < 1.29 is 18.0 Å². The molecule has 1 aliphatic rings. The minimum absolute atomic E-state index is 0.0441. The van der Waals surface area contributed by atoms with Gasteiger partial charge >= 0.3 is 6.18 Å². The van der Waals surface area contributed by atoms with Crippen LogP contribution in [0, 0.1) is 0 Å². The molecule has 1 amide bonds. The molecule has 0 saturated carbocycles. The zero-order valence-corrected chi connectivity index (χ0v) is 14.6. The van der Waals surface area contributed by atoms with E-state index < -0.39 is 11.7 Å². The van der Waals surface area contributed by atoms with Gasteiger partial charge in [0.15, 0.2) is 0 Å². The number of amides is 1. The second kappa shape index (κ2) is 9.33. The normalized spacial score (nSPS) is 14.1. The number of aromatic nitrogens is 1. The molecule has 1 aromatic heterocycles. The molecule has 0 aliphatic carbocycles. The Morgan fingerprint density at radius 2 is 1.78 bits per heavy atom. The summed E-state index contributed by atoms with van der Waals surface area (Å²) in [5, 5.41) is 0. The summed E-state index contributed by atoms with van der Waals surface area (Å²) in [5.41, 5.74) is 0.735. The summed E-state index contributed by atoms with van der Waals surface area (Å²) in [6.45, 7) is 12.0. The van der Waals surface area contributed by atoms with Crippen molar-refractivity contribution in [3.05, 3.63) is 35.0 Å². The Labute approximate surface area is 136 Å². The first-order valence-corrected chi connectivity index (χ1v) is 7.88. The van der Waals surface area contributed by atoms with Crippen molar-refractivity contribution in [1.82, 2.24) is 4.98 Å². The van der Waals surface area contributed by atoms with Gasteiger partial charge in [0.2, 0.25) is 0 Å². The van der Waals surface area contributed by atoms with Crippen molar-refractivity contribution >= 4 is 11.7 Å². The molecular formula is C17H25F3N2O. The third kappa shape index (κ3) is 5.08. The summed E-state index contributed by atoms with van der Waals surface area (Å²) in [4.78, 5) is 17.2. The van der Waals surface area contributed by atoms with Crippen molar-refractivity contribution in [2.24, 2.45) is 0 Å². The molecule has 1 aliphatic heterocycles. The Kier molecular flexibility index (Phi) is 8.58. The molecule has 0 bridgehead atoms. The van der Waals surface area contributed by atoms with Crippen molar-refractivity contribution in [2.75, 3.05) is 11.4 Å². The molecule has 0 radical (unpaired) electrons. The van der Waals surface area contributed by atoms with Crippen LogP contribution in [-0.4, -0.2) is 17.4 Å². The minimum Gasteiger partial charge on any atom is -0.289 e. The Bertz CT molecular complexity index is 551. The molecule has 130 valence electrons. The van der Waals surface area contributed by atoms with Crippen LogP contribution in [-0.2, 0) is 11.0 Å². The Morgan fingerprint density at radius 1 is 1.22 bits per heavy atom. The average Bonchev–Trinajstić information content (AvgIpc) is 2.84. The standard InChI is InChI=1S/C13H13F3N2O.2C2H6/c1-3-10-8(2)7-18(12(10)19)11-6-9(4-5-17-11)13(14,15)16;2*1-2/h4-6H,3,7H2,1-2H3;2*1-2H3. The summed E-state index contributed by atoms with van der Waals surface area (Å²) in [5.74, 6) is -0.213. The molecule has 0 saturated heterocycles. The van der Waals surface area contributed by atoms with Gasteiger partial charge < -0.3 is 0 Å². The number of carbonyl (C=O) groups is 1. The van der Waals surface area contributed by atoms with E-state index in [-0.39, 0.29) is 11.7 Å². The van der Waals surface area contributed by atoms with E-state index in [1.165, 1.54) is 4.90 Å². The van der Waals surface area contributed by atoms with Crippen LogP contribution in [0.1, 0.15) is 53.5 Å². The minimum atomic E-state index is -4.43. The van der Waals surface area contributed by atoms with Gasteiger partial charge in [-0.1, -0.05) is 34.6 Å². The Balaban J connectivity index is 0.00000112. The SMILES string of the molecule is CC.CC.CCC1=C(C)CN(c2cc(C(F)(F)F)ccn2)C1=O. The van der Waals surface area contributed by atoms with E-state index in [1.54, 1.807) is 0 Å². The van der Waals surface area contributed by atoms with E-state index in [0.29, 0.717) is 18.5 Å². The van der Waals surface area contributed by atoms with Crippen LogP contribution in [0.5, 0.6) is 0 Å². The maximum absolute atomic E-state index is 12.6. The number of pyridine rings is 1. The third-order valence-electron chi connectivity index (χ3n) is 3.12. The fraction of sp³-hybridized carbons (Fsp3) is 0.529. The van der Waals surface area contributed by atoms with E-state index >= 15 is 0 Å². The number of halogens is 3. The van der Waals surface area contributed by atoms with E-state index in [1.807, 2.05) is 41.5 Å². The molecule has 3 nitrogen and oxygen atoms in total. The quantitative estimate of drug-likeness (QED) is 0.744. The van der Waals surface area contributed by atoms with Gasteiger partial charge in [-0.05, 0) is 31.1 Å². The molecule has 0 atom stereocenters. The first-order chi connectivity index (χ1) is 10.8. The Hall–Kier alpha value is -1.85. The van der Waals surface area contributed by atoms with Gasteiger partial charge in [-0.25, -0.2) is 4.98 Å². The lowest BCUT2D eigenvalue weighted by molar-refractivity contribution is -0.137. The van der Waals surface area contributed by atoms with Crippen LogP contribution >= 0.6 is 0 Å². The molecule has 0 unspecified atom stereocenters. The van der Waals surface area contributed by atoms with Crippen LogP contribution in [0.25, 0.3) is 0 Å². The van der Waals surface area contributed by atoms with Crippen molar-refractivity contribution in [1.29, 1.82) is 0 Å². The summed E-state index contributed by atoms with van der Waals surface area (Å²) in [6.07, 6.45) is -2.79. The number of hydrogen-bond donors (Lipinski definition) is 0. The van der Waals surface area contributed by atoms with Crippen molar-refractivity contribution in [3.63, 3.8) is 0 Å². The molecule has 2 rings (SSSR count). The van der Waals surface area contributed by atoms with Gasteiger partial charge in [0.25, 0.3) is 5.91 Å². The summed E-state index contributed by atoms with van der Waals surface area (Å²) < 4.78 is 37.9. The molecular weight excluding hydrogens is 305 g/mol. The number of carbonyl (C=O) groups excluding carboxylic acids is 1. The zero-order chi connectivity index (χ0) is 18.2. The van der Waals surface area contributed by atoms with Gasteiger partial charge in [-0.2, -0.15) is 13.2 Å². The molecule has 23 heavy (non-hydrogen) atoms. The molecule has 0 spiro atoms. The molecule has 0 aromatic carbocycles. The predicted molar refractivity (Wildman–Crippen MR) is 87.3 cm³/mol. The summed E-state index contributed by atoms with van der Waals surface area (Å²) in [6, 6.07) is 1.80. The van der Waals surface area contributed by atoms with Crippen LogP contribution in [0.15, 0.2) is 29.5 Å². The van der Waals surface area contributed by atoms with Crippen molar-refractivity contribution in [3.8, 4) is 0 Å². The number of anilines is 1. The van der Waals surface area contributed by atoms with Gasteiger partial charge in [-0.15, -0.1) is 0 Å². The first kappa shape index (κ1) is 21.1. The first-order valence-electron chi connectivity index (χ1n) is 7.88. The van der Waals surface area contributed by atoms with Gasteiger partial charge in [-0.3, -0.25) is 9.69 Å². The van der Waals surface area contributed by atoms with E-state index in [0.717, 1.165) is 23.9 Å². The number of alkyl halides is 3. The van der Waals surface area contributed by atoms with Crippen molar-refractivity contribution in [2.45, 2.75) is 54.1 Å². The zero-order valence-electron chi connectivity index (χ0n) is 14.6. The smallest absolute Gasteiger partial charge is 0.289 e. The highest BCUT2D eigenvalue weighted by atomic mass is 19.4. The molecule has 0 fully saturated rings. The second-order valence-corrected chi connectivity index (χ2v) is 4.40. The van der Waals surface area contributed by atoms with Gasteiger partial charge in [0.1, 0.15) is 5.82 Å². The topological polar surface area (TPSA) is 33.2 Å². The average molecular weight is 330 g/mol. The fourth-order valence-corrected chi connectivity index (χ4v) is 2.13. The summed E-state index contributed by atoms with van der Waals surface area (Å²) in [7, 11) is 0. The highest BCUT2D eigenvalue weighted by Crippen LogP contribution is 2.32. The maximum atomic E-state index is 12.6. The molecule has 1 aromatic rings. The number of hydrogen-bond acceptors (Lipinski definition) is 2. The molecule has 6 heteroatoms. The largest absolute Gasteiger partial charge is 0.416 e. The number of nitrogens with zero attached hydrogens (tertiary/aromatic N) is 2. The highest BCUT2D eigenvalue weighted by Gasteiger charge is 2.33. The van der Waals surface area contributed by atoms with Crippen LogP contribution in [0.3, 0.4) is 0 Å². The van der Waals surface area contributed by atoms with Crippen LogP contribution < -0.4 is 4.90 Å². The van der Waals surface area contributed by atoms with E-state index in [9.17, 15) is 18.0 Å². The fourth-order valence-electron chi connectivity index (χ4n) is 2.13. The second-order valence-electron chi connectivity index (χ2n) is 4.40. The molecule has 2 heterocycles. The number of rotatable bonds is 2. The maximum Gasteiger partial charge on any atom is 0.416 e. The monoisotopic (exact) mass is 330 g/mol. The lowest BCUT2D eigenvalue weighted by atomic mass is 10.1. The lowest BCUT2D eigenvalue weighted by Gasteiger charge is -2.17. The molecule has 0 N–H and O–H groups in total. The van der Waals surface area contributed by atoms with Crippen LogP contribution in [0.4, 0.5) is 19.0 Å². The highest BCUT2D eigenvalue weighted by molar-refractivity contribution is 6.08. The Morgan fingerprint density at radius 3 is 2.22 bits per heavy atom. The van der Waals surface area contributed by atoms with Gasteiger partial charge in [0, 0.05) is 18.3 Å². The van der Waals surface area contributed by atoms with Crippen LogP contribution in [0.2, 0.25) is 0 Å². The van der Waals surface area contributed by atoms with E-state index in [4.69, 9.17) is 0 Å². The third-order valence-corrected chi connectivity index (χ3v) is 3.12.